The van der Waals surface area contributed by atoms with Crippen LogP contribution >= 0.6 is 0 Å². The molecule has 0 bridgehead atoms. The van der Waals surface area contributed by atoms with Gasteiger partial charge in [0, 0.05) is 24.7 Å². The summed E-state index contributed by atoms with van der Waals surface area (Å²) in [6.45, 7) is 11.0. The number of carbonyl (C=O) groups is 1. The van der Waals surface area contributed by atoms with E-state index < -0.39 is 18.2 Å². The average Bonchev–Trinajstić information content (AvgIpc) is 2.75. The smallest absolute Gasteiger partial charge is 0.309 e. The number of benzene rings is 1. The van der Waals surface area contributed by atoms with Gasteiger partial charge in [0.2, 0.25) is 0 Å². The summed E-state index contributed by atoms with van der Waals surface area (Å²) in [5.41, 5.74) is 2.31. The lowest BCUT2D eigenvalue weighted by Gasteiger charge is -2.29. The number of hydrogen-bond acceptors (Lipinski definition) is 5. The van der Waals surface area contributed by atoms with Gasteiger partial charge in [-0.15, -0.1) is 0 Å². The van der Waals surface area contributed by atoms with E-state index in [0.717, 1.165) is 30.8 Å². The van der Waals surface area contributed by atoms with E-state index in [4.69, 9.17) is 9.47 Å². The van der Waals surface area contributed by atoms with Gasteiger partial charge in [-0.1, -0.05) is 32.6 Å². The van der Waals surface area contributed by atoms with Crippen LogP contribution in [0.25, 0.3) is 0 Å². The number of carbonyl (C=O) groups excluding carboxylic acids is 1. The molecule has 2 heterocycles. The number of hydrogen-bond donors (Lipinski definition) is 1. The number of nitrogens with zero attached hydrogens (tertiary/aromatic N) is 1. The van der Waals surface area contributed by atoms with Crippen LogP contribution < -0.4 is 4.90 Å². The van der Waals surface area contributed by atoms with Gasteiger partial charge in [-0.25, -0.2) is 4.39 Å². The maximum Gasteiger partial charge on any atom is 0.309 e. The number of anilines is 1. The highest BCUT2D eigenvalue weighted by Gasteiger charge is 2.25. The number of allylic oxidation sites excluding steroid dienone is 1. The Balaban J connectivity index is 1.76. The lowest BCUT2D eigenvalue weighted by molar-refractivity contribution is -0.151. The monoisotopic (exact) mass is 444 g/mol. The Morgan fingerprint density at radius 1 is 1.22 bits per heavy atom. The van der Waals surface area contributed by atoms with E-state index in [-0.39, 0.29) is 18.2 Å². The summed E-state index contributed by atoms with van der Waals surface area (Å²) in [6.07, 6.45) is 6.58. The zero-order valence-electron chi connectivity index (χ0n) is 19.1. The van der Waals surface area contributed by atoms with Crippen molar-refractivity contribution in [3.63, 3.8) is 0 Å². The van der Waals surface area contributed by atoms with Crippen molar-refractivity contribution in [2.45, 2.75) is 51.7 Å². The molecule has 5 nitrogen and oxygen atoms in total. The van der Waals surface area contributed by atoms with E-state index in [1.165, 1.54) is 12.1 Å². The topological polar surface area (TPSA) is 59.0 Å². The Labute approximate surface area is 190 Å². The quantitative estimate of drug-likeness (QED) is 0.556. The first-order chi connectivity index (χ1) is 15.3. The minimum Gasteiger partial charge on any atom is -0.457 e. The molecule has 1 saturated heterocycles. The Morgan fingerprint density at radius 3 is 2.72 bits per heavy atom. The van der Waals surface area contributed by atoms with Crippen molar-refractivity contribution >= 4 is 11.7 Å². The van der Waals surface area contributed by atoms with Gasteiger partial charge in [0.15, 0.2) is 0 Å². The molecule has 1 aromatic carbocycles. The number of rotatable bonds is 4. The van der Waals surface area contributed by atoms with Crippen molar-refractivity contribution in [1.82, 2.24) is 0 Å². The highest BCUT2D eigenvalue weighted by atomic mass is 19.1. The largest absolute Gasteiger partial charge is 0.457 e. The fraction of sp³-hybridized carbons (Fsp3) is 0.538. The predicted octanol–water partition coefficient (Wildman–Crippen LogP) is 4.25. The van der Waals surface area contributed by atoms with Gasteiger partial charge >= 0.3 is 5.97 Å². The fourth-order valence-electron chi connectivity index (χ4n) is 4.23. The summed E-state index contributed by atoms with van der Waals surface area (Å²) in [5.74, 6) is -0.517. The van der Waals surface area contributed by atoms with Crippen LogP contribution in [0.15, 0.2) is 42.5 Å². The molecule has 0 unspecified atom stereocenters. The lowest BCUT2D eigenvalue weighted by atomic mass is 9.91. The molecule has 32 heavy (non-hydrogen) atoms. The minimum absolute atomic E-state index is 0.0337. The van der Waals surface area contributed by atoms with E-state index >= 15 is 0 Å². The minimum atomic E-state index is -0.717. The Hall–Kier alpha value is -2.18. The summed E-state index contributed by atoms with van der Waals surface area (Å²) in [6, 6.07) is 5.01. The molecular weight excluding hydrogens is 409 g/mol. The molecule has 1 N–H and O–H groups in total. The number of ether oxygens (including phenoxy) is 2. The van der Waals surface area contributed by atoms with Crippen LogP contribution in [0.3, 0.4) is 0 Å². The van der Waals surface area contributed by atoms with Crippen LogP contribution in [0.5, 0.6) is 0 Å². The summed E-state index contributed by atoms with van der Waals surface area (Å²) in [5, 5.41) is 10.2. The molecule has 1 radical (unpaired) electrons. The number of cyclic esters (lactones) is 1. The second-order valence-corrected chi connectivity index (χ2v) is 9.01. The summed E-state index contributed by atoms with van der Waals surface area (Å²) >= 11 is 0. The zero-order valence-corrected chi connectivity index (χ0v) is 19.1. The lowest BCUT2D eigenvalue weighted by Crippen LogP contribution is -2.36. The predicted molar refractivity (Wildman–Crippen MR) is 124 cm³/mol. The Bertz CT molecular complexity index is 818. The molecule has 1 aromatic rings. The average molecular weight is 445 g/mol. The molecule has 4 atom stereocenters. The number of morpholine rings is 1. The fourth-order valence-corrected chi connectivity index (χ4v) is 4.23. The van der Waals surface area contributed by atoms with Crippen LogP contribution in [-0.2, 0) is 20.7 Å². The third-order valence-electron chi connectivity index (χ3n) is 6.10. The molecule has 0 spiro atoms. The first-order valence-corrected chi connectivity index (χ1v) is 11.5. The van der Waals surface area contributed by atoms with Crippen LogP contribution in [0.2, 0.25) is 0 Å². The molecule has 0 amide bonds. The van der Waals surface area contributed by atoms with Crippen LogP contribution in [0, 0.1) is 24.1 Å². The molecule has 1 fully saturated rings. The van der Waals surface area contributed by atoms with Gasteiger partial charge in [-0.3, -0.25) is 4.79 Å². The third kappa shape index (κ3) is 7.17. The van der Waals surface area contributed by atoms with Crippen molar-refractivity contribution in [1.29, 1.82) is 0 Å². The van der Waals surface area contributed by atoms with Crippen molar-refractivity contribution in [2.24, 2.45) is 11.8 Å². The molecule has 0 aliphatic carbocycles. The van der Waals surface area contributed by atoms with Gasteiger partial charge in [0.05, 0.1) is 25.7 Å². The van der Waals surface area contributed by atoms with Gasteiger partial charge in [-0.05, 0) is 60.9 Å². The normalized spacial score (nSPS) is 28.9. The standard InChI is InChI=1S/C26H35FNO4/c1-18-5-4-6-19(2)26(32-25(30)17-24(29)8-7-18)20(3)13-21-14-22(27)16-23(15-21)28-9-11-31-12-10-28/h4-6,14-16,18-19,24,26,29H,3,7-13,17H2,1-2H3/b6-4+/t18-,19-,24+,26-/m0/s1. The SMILES string of the molecule is C=C(Cc1cc(F)cc(N2CCOCC2)c1)[C@H]1OC(=O)C[C@H](O)CC[C@@H](C)[CH]/C=C/[C@@H]1C. The number of halogens is 1. The van der Waals surface area contributed by atoms with E-state index in [2.05, 4.69) is 24.8 Å². The maximum atomic E-state index is 14.4. The van der Waals surface area contributed by atoms with E-state index in [0.29, 0.717) is 37.5 Å². The van der Waals surface area contributed by atoms with E-state index in [9.17, 15) is 14.3 Å². The first kappa shape index (κ1) is 24.5. The molecule has 0 aromatic heterocycles. The second kappa shape index (κ2) is 11.6. The number of aliphatic hydroxyl groups is 1. The molecule has 175 valence electrons. The van der Waals surface area contributed by atoms with Crippen LogP contribution in [0.1, 0.15) is 38.7 Å². The van der Waals surface area contributed by atoms with Gasteiger partial charge in [0.1, 0.15) is 11.9 Å². The highest BCUT2D eigenvalue weighted by Crippen LogP contribution is 2.26. The third-order valence-corrected chi connectivity index (χ3v) is 6.10. The molecule has 0 saturated carbocycles. The highest BCUT2D eigenvalue weighted by molar-refractivity contribution is 5.70. The van der Waals surface area contributed by atoms with Crippen molar-refractivity contribution in [3.05, 3.63) is 60.3 Å². The van der Waals surface area contributed by atoms with E-state index in [1.54, 1.807) is 0 Å². The maximum absolute atomic E-state index is 14.4. The van der Waals surface area contributed by atoms with Gasteiger partial charge in [0.25, 0.3) is 0 Å². The molecule has 3 rings (SSSR count). The van der Waals surface area contributed by atoms with Crippen LogP contribution in [0.4, 0.5) is 10.1 Å². The zero-order chi connectivity index (χ0) is 23.1. The molecule has 2 aliphatic heterocycles. The summed E-state index contributed by atoms with van der Waals surface area (Å²) in [7, 11) is 0. The second-order valence-electron chi connectivity index (χ2n) is 9.01. The van der Waals surface area contributed by atoms with Crippen molar-refractivity contribution < 1.29 is 23.8 Å². The molecule has 6 heteroatoms. The van der Waals surface area contributed by atoms with Gasteiger partial charge in [-0.2, -0.15) is 0 Å². The van der Waals surface area contributed by atoms with Crippen molar-refractivity contribution in [2.75, 3.05) is 31.2 Å². The summed E-state index contributed by atoms with van der Waals surface area (Å²) < 4.78 is 25.5. The van der Waals surface area contributed by atoms with Crippen molar-refractivity contribution in [3.8, 4) is 0 Å². The van der Waals surface area contributed by atoms with E-state index in [1.807, 2.05) is 25.1 Å². The van der Waals surface area contributed by atoms with Gasteiger partial charge < -0.3 is 19.5 Å². The first-order valence-electron chi connectivity index (χ1n) is 11.5. The Morgan fingerprint density at radius 2 is 1.97 bits per heavy atom. The number of esters is 1. The van der Waals surface area contributed by atoms with Crippen LogP contribution in [-0.4, -0.2) is 49.6 Å². The summed E-state index contributed by atoms with van der Waals surface area (Å²) in [4.78, 5) is 14.6. The molecular formula is C26H35FNO4. The Kier molecular flexibility index (Phi) is 8.88. The number of aliphatic hydroxyl groups excluding tert-OH is 1. The molecule has 2 aliphatic rings.